The summed E-state index contributed by atoms with van der Waals surface area (Å²) in [6.45, 7) is 2.96. The number of aliphatic imine (C=N–C) groups is 1. The monoisotopic (exact) mass is 998 g/mol. The molecule has 3 atom stereocenters. The molecule has 6 amide bonds. The van der Waals surface area contributed by atoms with Crippen molar-refractivity contribution in [2.75, 3.05) is 124 Å². The largest absolute Gasteiger partial charge is 0.481 e. The van der Waals surface area contributed by atoms with E-state index in [0.717, 1.165) is 18.8 Å². The lowest BCUT2D eigenvalue weighted by molar-refractivity contribution is -0.141. The second-order valence-electron chi connectivity index (χ2n) is 15.1. The number of aliphatic carboxylic acids is 1. The second kappa shape index (κ2) is 45.1. The molecule has 68 heavy (non-hydrogen) atoms. The molecule has 25 nitrogen and oxygen atoms in total. The fraction of sp³-hybridized carbons (Fsp3) is 0.810. The summed E-state index contributed by atoms with van der Waals surface area (Å²) in [6, 6.07) is -4.48. The molecular weight excluding hydrogens is 919 g/mol. The SMILES string of the molecule is NC(=O)[C@H](CO)NC(=O)[C@H](CC(=O)O)NC(=O)CNC(=O)[C@H](CCCN=C(N)N)NC(=O)CNC(=O)COCCOCCOCCOCCOCCOCCOCCCCCCCCCCCS. The zero-order valence-corrected chi connectivity index (χ0v) is 40.3. The predicted molar refractivity (Wildman–Crippen MR) is 251 cm³/mol. The Kier molecular flexibility index (Phi) is 42.1. The minimum absolute atomic E-state index is 0.00637. The quantitative estimate of drug-likeness (QED) is 0.0127. The number of unbranched alkanes of at least 4 members (excludes halogenated alkanes) is 8. The summed E-state index contributed by atoms with van der Waals surface area (Å²) >= 11 is 4.24. The first-order valence-electron chi connectivity index (χ1n) is 23.1. The number of carboxylic acids is 1. The number of ether oxygens (including phenoxy) is 7. The predicted octanol–water partition coefficient (Wildman–Crippen LogP) is -2.76. The molecule has 0 heterocycles. The van der Waals surface area contributed by atoms with Crippen LogP contribution in [0.3, 0.4) is 0 Å². The number of rotatable bonds is 48. The van der Waals surface area contributed by atoms with Crippen LogP contribution in [0.2, 0.25) is 0 Å². The first-order valence-corrected chi connectivity index (χ1v) is 23.7. The van der Waals surface area contributed by atoms with Crippen LogP contribution in [0.15, 0.2) is 4.99 Å². The Hall–Kier alpha value is -4.41. The van der Waals surface area contributed by atoms with E-state index in [4.69, 9.17) is 55.5 Å². The van der Waals surface area contributed by atoms with Crippen molar-refractivity contribution in [3.05, 3.63) is 0 Å². The van der Waals surface area contributed by atoms with Crippen LogP contribution in [0.4, 0.5) is 0 Å². The summed E-state index contributed by atoms with van der Waals surface area (Å²) in [5.74, 6) is -6.15. The van der Waals surface area contributed by atoms with E-state index in [1.807, 2.05) is 5.32 Å². The maximum Gasteiger partial charge on any atom is 0.305 e. The van der Waals surface area contributed by atoms with Crippen LogP contribution in [0.1, 0.15) is 77.0 Å². The van der Waals surface area contributed by atoms with E-state index in [1.54, 1.807) is 0 Å². The zero-order chi connectivity index (χ0) is 50.5. The number of carbonyl (C=O) groups is 7. The van der Waals surface area contributed by atoms with E-state index in [1.165, 1.54) is 51.4 Å². The normalized spacial score (nSPS) is 12.3. The van der Waals surface area contributed by atoms with Gasteiger partial charge in [-0.2, -0.15) is 12.6 Å². The van der Waals surface area contributed by atoms with Crippen LogP contribution in [0, 0.1) is 0 Å². The van der Waals surface area contributed by atoms with Gasteiger partial charge in [0.2, 0.25) is 35.4 Å². The van der Waals surface area contributed by atoms with E-state index < -0.39 is 85.7 Å². The highest BCUT2D eigenvalue weighted by atomic mass is 32.1. The van der Waals surface area contributed by atoms with Gasteiger partial charge in [0.25, 0.3) is 0 Å². The Bertz CT molecular complexity index is 1420. The smallest absolute Gasteiger partial charge is 0.305 e. The van der Waals surface area contributed by atoms with Crippen molar-refractivity contribution in [2.24, 2.45) is 22.2 Å². The lowest BCUT2D eigenvalue weighted by Gasteiger charge is -2.21. The highest BCUT2D eigenvalue weighted by Gasteiger charge is 2.28. The standard InChI is InChI=1S/C42H79N9O16S/c43-39(58)34(30-52)51-41(60)33(27-38(56)57)50-36(54)29-48-40(59)32(11-10-12-46-42(44)45)49-35(53)28-47-37(55)31-67-25-24-66-23-22-65-21-20-64-19-18-63-17-16-62-15-14-61-13-8-6-4-2-1-3-5-7-9-26-68/h32-34,52,68H,1-31H2,(H2,43,58)(H,47,55)(H,48,59)(H,49,53)(H,50,54)(H,51,60)(H,56,57)(H4,44,45,46)/t32-,33-,34-/m0/s1. The first kappa shape index (κ1) is 63.6. The number of hydrogen-bond donors (Lipinski definition) is 11. The summed E-state index contributed by atoms with van der Waals surface area (Å²) in [5, 5.41) is 29.6. The summed E-state index contributed by atoms with van der Waals surface area (Å²) in [5.41, 5.74) is 15.7. The number of aliphatic hydroxyl groups excluding tert-OH is 1. The van der Waals surface area contributed by atoms with Crippen LogP contribution < -0.4 is 43.8 Å². The van der Waals surface area contributed by atoms with Crippen molar-refractivity contribution in [3.63, 3.8) is 0 Å². The van der Waals surface area contributed by atoms with Gasteiger partial charge in [0.15, 0.2) is 5.96 Å². The molecular formula is C42H79N9O16S. The Labute approximate surface area is 404 Å². The Morgan fingerprint density at radius 2 is 0.941 bits per heavy atom. The van der Waals surface area contributed by atoms with Gasteiger partial charge in [0.05, 0.1) is 105 Å². The van der Waals surface area contributed by atoms with Gasteiger partial charge in [0.1, 0.15) is 24.7 Å². The number of amides is 6. The number of nitrogens with zero attached hydrogens (tertiary/aromatic N) is 1. The molecule has 0 fully saturated rings. The Morgan fingerprint density at radius 1 is 0.500 bits per heavy atom. The fourth-order valence-electron chi connectivity index (χ4n) is 5.68. The summed E-state index contributed by atoms with van der Waals surface area (Å²) < 4.78 is 38.3. The molecule has 0 aliphatic heterocycles. The van der Waals surface area contributed by atoms with Crippen LogP contribution in [0.25, 0.3) is 0 Å². The lowest BCUT2D eigenvalue weighted by atomic mass is 10.1. The molecule has 0 aromatic heterocycles. The van der Waals surface area contributed by atoms with Gasteiger partial charge in [-0.1, -0.05) is 44.9 Å². The Balaban J connectivity index is 4.10. The number of carboxylic acid groups (broad SMARTS) is 1. The number of primary amides is 1. The maximum absolute atomic E-state index is 13.0. The molecule has 0 aromatic rings. The number of thiol groups is 1. The van der Waals surface area contributed by atoms with Crippen LogP contribution in [-0.2, 0) is 66.7 Å². The molecule has 0 rings (SSSR count). The summed E-state index contributed by atoms with van der Waals surface area (Å²) in [7, 11) is 0. The maximum atomic E-state index is 13.0. The number of carbonyl (C=O) groups excluding carboxylic acids is 6. The molecule has 0 aromatic carbocycles. The molecule has 26 heteroatoms. The molecule has 0 bridgehead atoms. The van der Waals surface area contributed by atoms with Crippen molar-refractivity contribution in [1.82, 2.24) is 26.6 Å². The molecule has 0 aliphatic rings. The van der Waals surface area contributed by atoms with Crippen molar-refractivity contribution in [1.29, 1.82) is 0 Å². The number of aliphatic hydroxyl groups is 1. The first-order chi connectivity index (χ1) is 32.8. The second-order valence-corrected chi connectivity index (χ2v) is 15.5. The molecule has 0 aliphatic carbocycles. The van der Waals surface area contributed by atoms with Crippen molar-refractivity contribution >= 4 is 60.0 Å². The topological polar surface area (TPSA) is 375 Å². The van der Waals surface area contributed by atoms with Crippen molar-refractivity contribution < 1.29 is 76.9 Å². The van der Waals surface area contributed by atoms with E-state index in [9.17, 15) is 38.7 Å². The van der Waals surface area contributed by atoms with Crippen molar-refractivity contribution in [2.45, 2.75) is 95.2 Å². The third-order valence-corrected chi connectivity index (χ3v) is 9.57. The van der Waals surface area contributed by atoms with Gasteiger partial charge in [0, 0.05) is 13.2 Å². The average molecular weight is 998 g/mol. The minimum Gasteiger partial charge on any atom is -0.481 e. The number of nitrogens with two attached hydrogens (primary N) is 3. The number of guanidine groups is 1. The molecule has 13 N–H and O–H groups in total. The minimum atomic E-state index is -1.70. The van der Waals surface area contributed by atoms with Gasteiger partial charge in [-0.05, 0) is 31.4 Å². The molecule has 394 valence electrons. The molecule has 0 saturated carbocycles. The average Bonchev–Trinajstić information content (AvgIpc) is 3.30. The molecule has 0 unspecified atom stereocenters. The summed E-state index contributed by atoms with van der Waals surface area (Å²) in [4.78, 5) is 89.3. The van der Waals surface area contributed by atoms with Crippen LogP contribution in [0.5, 0.6) is 0 Å². The van der Waals surface area contributed by atoms with Crippen molar-refractivity contribution in [3.8, 4) is 0 Å². The number of nitrogens with one attached hydrogen (secondary N) is 5. The van der Waals surface area contributed by atoms with E-state index >= 15 is 0 Å². The van der Waals surface area contributed by atoms with Gasteiger partial charge in [-0.25, -0.2) is 0 Å². The lowest BCUT2D eigenvalue weighted by Crippen LogP contribution is -2.56. The van der Waals surface area contributed by atoms with E-state index in [2.05, 4.69) is 38.9 Å². The third kappa shape index (κ3) is 40.6. The Morgan fingerprint density at radius 3 is 1.40 bits per heavy atom. The zero-order valence-electron chi connectivity index (χ0n) is 39.4. The molecule has 0 saturated heterocycles. The fourth-order valence-corrected chi connectivity index (χ4v) is 5.91. The highest BCUT2D eigenvalue weighted by molar-refractivity contribution is 7.80. The summed E-state index contributed by atoms with van der Waals surface area (Å²) in [6.07, 6.45) is 10.7. The van der Waals surface area contributed by atoms with Gasteiger partial charge in [-0.15, -0.1) is 0 Å². The highest BCUT2D eigenvalue weighted by Crippen LogP contribution is 2.10. The van der Waals surface area contributed by atoms with Crippen LogP contribution in [-0.4, -0.2) is 200 Å². The van der Waals surface area contributed by atoms with Gasteiger partial charge >= 0.3 is 5.97 Å². The van der Waals surface area contributed by atoms with E-state index in [-0.39, 0.29) is 45.2 Å². The molecule has 0 spiro atoms. The third-order valence-electron chi connectivity index (χ3n) is 9.25. The van der Waals surface area contributed by atoms with E-state index in [0.29, 0.717) is 66.1 Å². The van der Waals surface area contributed by atoms with Gasteiger partial charge < -0.3 is 87.2 Å². The number of hydrogen-bond acceptors (Lipinski definition) is 17. The van der Waals surface area contributed by atoms with Gasteiger partial charge in [-0.3, -0.25) is 38.6 Å². The van der Waals surface area contributed by atoms with Crippen LogP contribution >= 0.6 is 12.6 Å². The molecule has 0 radical (unpaired) electrons.